The Labute approximate surface area is 230 Å². The van der Waals surface area contributed by atoms with E-state index in [0.717, 1.165) is 17.7 Å². The van der Waals surface area contributed by atoms with Crippen molar-refractivity contribution >= 4 is 52.8 Å². The number of hydrogen-bond acceptors (Lipinski definition) is 5. The quantitative estimate of drug-likeness (QED) is 0.250. The van der Waals surface area contributed by atoms with E-state index in [-0.39, 0.29) is 40.3 Å². The Hall–Kier alpha value is -4.02. The van der Waals surface area contributed by atoms with Gasteiger partial charge in [-0.3, -0.25) is 14.9 Å². The summed E-state index contributed by atoms with van der Waals surface area (Å²) in [5, 5.41) is 1.76. The van der Waals surface area contributed by atoms with E-state index in [9.17, 15) is 27.6 Å². The lowest BCUT2D eigenvalue weighted by Crippen LogP contribution is -2.54. The third-order valence-corrected chi connectivity index (χ3v) is 6.09. The molecule has 0 aliphatic carbocycles. The number of carbonyl (C=O) groups excluding carboxylic acids is 3. The fourth-order valence-corrected chi connectivity index (χ4v) is 4.18. The molecule has 1 saturated heterocycles. The highest BCUT2D eigenvalue weighted by atomic mass is 35.5. The molecule has 3 aromatic rings. The molecule has 4 rings (SSSR count). The van der Waals surface area contributed by atoms with Gasteiger partial charge in [0.1, 0.15) is 12.2 Å². The highest BCUT2D eigenvalue weighted by Crippen LogP contribution is 2.39. The van der Waals surface area contributed by atoms with Gasteiger partial charge in [0.2, 0.25) is 0 Å². The summed E-state index contributed by atoms with van der Waals surface area (Å²) in [7, 11) is 0. The van der Waals surface area contributed by atoms with Gasteiger partial charge in [-0.1, -0.05) is 53.5 Å². The Morgan fingerprint density at radius 3 is 2.33 bits per heavy atom. The molecule has 0 atom stereocenters. The summed E-state index contributed by atoms with van der Waals surface area (Å²) >= 11 is 12.5. The lowest BCUT2D eigenvalue weighted by molar-refractivity contribution is -0.137. The highest BCUT2D eigenvalue weighted by Gasteiger charge is 2.39. The van der Waals surface area contributed by atoms with Crippen molar-refractivity contribution in [1.29, 1.82) is 0 Å². The molecule has 1 aliphatic rings. The predicted molar refractivity (Wildman–Crippen MR) is 139 cm³/mol. The Bertz CT molecular complexity index is 1480. The molecule has 3 aromatic carbocycles. The van der Waals surface area contributed by atoms with E-state index in [1.165, 1.54) is 12.1 Å². The summed E-state index contributed by atoms with van der Waals surface area (Å²) in [5.74, 6) is -1.77. The minimum absolute atomic E-state index is 0.112. The molecule has 1 aliphatic heterocycles. The molecule has 4 amide bonds. The summed E-state index contributed by atoms with van der Waals surface area (Å²) in [6.45, 7) is 2.17. The van der Waals surface area contributed by atoms with E-state index in [0.29, 0.717) is 17.0 Å². The molecule has 0 unspecified atom stereocenters. The first-order valence-corrected chi connectivity index (χ1v) is 12.2. The van der Waals surface area contributed by atoms with Crippen LogP contribution in [-0.4, -0.2) is 24.5 Å². The van der Waals surface area contributed by atoms with Gasteiger partial charge in [-0.2, -0.15) is 13.2 Å². The van der Waals surface area contributed by atoms with Crippen molar-refractivity contribution in [2.45, 2.75) is 19.7 Å². The molecule has 0 spiro atoms. The molecule has 0 saturated carbocycles. The van der Waals surface area contributed by atoms with Crippen LogP contribution in [0.25, 0.3) is 6.08 Å². The number of ether oxygens (including phenoxy) is 2. The van der Waals surface area contributed by atoms with Crippen molar-refractivity contribution < 1.29 is 37.0 Å². The van der Waals surface area contributed by atoms with Crippen LogP contribution < -0.4 is 19.7 Å². The van der Waals surface area contributed by atoms with Gasteiger partial charge in [-0.25, -0.2) is 9.69 Å². The number of hydrogen-bond donors (Lipinski definition) is 1. The zero-order chi connectivity index (χ0) is 28.3. The third kappa shape index (κ3) is 6.18. The van der Waals surface area contributed by atoms with E-state index in [2.05, 4.69) is 0 Å². The minimum Gasteiger partial charge on any atom is -0.490 e. The average molecular weight is 579 g/mol. The van der Waals surface area contributed by atoms with Gasteiger partial charge >= 0.3 is 12.2 Å². The molecule has 1 fully saturated rings. The summed E-state index contributed by atoms with van der Waals surface area (Å²) < 4.78 is 51.3. The van der Waals surface area contributed by atoms with Crippen LogP contribution in [0.2, 0.25) is 10.0 Å². The van der Waals surface area contributed by atoms with E-state index in [1.54, 1.807) is 6.92 Å². The normalized spacial score (nSPS) is 15.0. The number of halogens is 5. The number of imide groups is 2. The van der Waals surface area contributed by atoms with Crippen LogP contribution in [0, 0.1) is 0 Å². The van der Waals surface area contributed by atoms with Gasteiger partial charge in [-0.05, 0) is 54.5 Å². The molecular formula is C27H19Cl2F3N2O5. The van der Waals surface area contributed by atoms with Crippen LogP contribution in [0.3, 0.4) is 0 Å². The molecule has 1 heterocycles. The van der Waals surface area contributed by atoms with Crippen LogP contribution in [0.4, 0.5) is 23.7 Å². The van der Waals surface area contributed by atoms with E-state index in [1.807, 2.05) is 35.6 Å². The fourth-order valence-electron chi connectivity index (χ4n) is 3.71. The number of carbonyl (C=O) groups is 3. The van der Waals surface area contributed by atoms with Crippen LogP contribution in [-0.2, 0) is 22.4 Å². The second kappa shape index (κ2) is 11.4. The molecule has 0 aromatic heterocycles. The molecule has 0 bridgehead atoms. The smallest absolute Gasteiger partial charge is 0.416 e. The van der Waals surface area contributed by atoms with Crippen molar-refractivity contribution in [3.8, 4) is 11.5 Å². The van der Waals surface area contributed by atoms with Gasteiger partial charge in [0.05, 0.1) is 27.9 Å². The molecule has 1 N–H and O–H groups in total. The fraction of sp³-hybridized carbons (Fsp3) is 0.148. The predicted octanol–water partition coefficient (Wildman–Crippen LogP) is 6.66. The highest BCUT2D eigenvalue weighted by molar-refractivity contribution is 6.42. The molecule has 0 radical (unpaired) electrons. The lowest BCUT2D eigenvalue weighted by Gasteiger charge is -2.27. The maximum absolute atomic E-state index is 13.3. The molecule has 39 heavy (non-hydrogen) atoms. The van der Waals surface area contributed by atoms with Crippen molar-refractivity contribution in [2.24, 2.45) is 0 Å². The monoisotopic (exact) mass is 578 g/mol. The number of urea groups is 1. The summed E-state index contributed by atoms with van der Waals surface area (Å²) in [4.78, 5) is 38.7. The maximum Gasteiger partial charge on any atom is 0.416 e. The van der Waals surface area contributed by atoms with Crippen LogP contribution in [0.5, 0.6) is 11.5 Å². The standard InChI is InChI=1S/C27H19Cl2F3N2O5/c1-2-38-22-12-16(11-20(29)23(22)39-14-15-6-4-3-5-7-15)10-18-24(35)33-26(37)34(25(18)36)21-13-17(27(30,31)32)8-9-19(21)28/h3-13H,2,14H2,1H3,(H,33,35,37)/b18-10-. The van der Waals surface area contributed by atoms with Crippen molar-refractivity contribution in [3.05, 3.63) is 93.0 Å². The van der Waals surface area contributed by atoms with Gasteiger partial charge in [0.15, 0.2) is 11.5 Å². The number of benzene rings is 3. The molecular weight excluding hydrogens is 560 g/mol. The van der Waals surface area contributed by atoms with E-state index in [4.69, 9.17) is 32.7 Å². The first-order valence-electron chi connectivity index (χ1n) is 11.4. The van der Waals surface area contributed by atoms with E-state index < -0.39 is 40.8 Å². The van der Waals surface area contributed by atoms with Crippen molar-refractivity contribution in [3.63, 3.8) is 0 Å². The molecule has 12 heteroatoms. The largest absolute Gasteiger partial charge is 0.490 e. The van der Waals surface area contributed by atoms with Crippen LogP contribution >= 0.6 is 23.2 Å². The SMILES string of the molecule is CCOc1cc(/C=C2/C(=O)NC(=O)N(c3cc(C(F)(F)F)ccc3Cl)C2=O)cc(Cl)c1OCc1ccccc1. The molecule has 202 valence electrons. The second-order valence-electron chi connectivity index (χ2n) is 8.16. The van der Waals surface area contributed by atoms with Crippen molar-refractivity contribution in [1.82, 2.24) is 5.32 Å². The summed E-state index contributed by atoms with van der Waals surface area (Å²) in [5.41, 5.74) is -1.10. The minimum atomic E-state index is -4.76. The van der Waals surface area contributed by atoms with Gasteiger partial charge in [-0.15, -0.1) is 0 Å². The first kappa shape index (κ1) is 28.0. The number of nitrogens with zero attached hydrogens (tertiary/aromatic N) is 1. The zero-order valence-corrected chi connectivity index (χ0v) is 21.7. The molecule has 7 nitrogen and oxygen atoms in total. The number of anilines is 1. The van der Waals surface area contributed by atoms with Crippen LogP contribution in [0.15, 0.2) is 66.2 Å². The number of barbiturate groups is 1. The topological polar surface area (TPSA) is 84.9 Å². The van der Waals surface area contributed by atoms with Gasteiger partial charge in [0.25, 0.3) is 11.8 Å². The summed E-state index contributed by atoms with van der Waals surface area (Å²) in [6, 6.07) is 13.1. The Morgan fingerprint density at radius 2 is 1.67 bits per heavy atom. The Kier molecular flexibility index (Phi) is 8.17. The Morgan fingerprint density at radius 1 is 0.949 bits per heavy atom. The van der Waals surface area contributed by atoms with E-state index >= 15 is 0 Å². The number of rotatable bonds is 7. The number of amides is 4. The first-order chi connectivity index (χ1) is 18.5. The maximum atomic E-state index is 13.3. The number of nitrogens with one attached hydrogen (secondary N) is 1. The van der Waals surface area contributed by atoms with Crippen molar-refractivity contribution in [2.75, 3.05) is 11.5 Å². The summed E-state index contributed by atoms with van der Waals surface area (Å²) in [6.07, 6.45) is -3.63. The van der Waals surface area contributed by atoms with Gasteiger partial charge in [0, 0.05) is 0 Å². The second-order valence-corrected chi connectivity index (χ2v) is 8.97. The third-order valence-electron chi connectivity index (χ3n) is 5.48. The van der Waals surface area contributed by atoms with Crippen LogP contribution in [0.1, 0.15) is 23.6 Å². The average Bonchev–Trinajstić information content (AvgIpc) is 2.87. The Balaban J connectivity index is 1.70. The number of alkyl halides is 3. The lowest BCUT2D eigenvalue weighted by atomic mass is 10.1. The zero-order valence-electron chi connectivity index (χ0n) is 20.1. The van der Waals surface area contributed by atoms with Gasteiger partial charge < -0.3 is 9.47 Å².